The second-order valence-electron chi connectivity index (χ2n) is 7.60. The van der Waals surface area contributed by atoms with Crippen LogP contribution < -0.4 is 0 Å². The normalized spacial score (nSPS) is 31.8. The van der Waals surface area contributed by atoms with Crippen LogP contribution in [0.25, 0.3) is 0 Å². The number of rotatable bonds is 2. The van der Waals surface area contributed by atoms with Gasteiger partial charge < -0.3 is 14.6 Å². The maximum absolute atomic E-state index is 12.5. The Morgan fingerprint density at radius 2 is 2.04 bits per heavy atom. The van der Waals surface area contributed by atoms with E-state index in [4.69, 9.17) is 9.47 Å². The lowest BCUT2D eigenvalue weighted by Gasteiger charge is -2.33. The number of hydrogen-bond acceptors (Lipinski definition) is 5. The molecule has 2 rings (SSSR count). The molecule has 2 bridgehead atoms. The topological polar surface area (TPSA) is 72.8 Å². The van der Waals surface area contributed by atoms with Gasteiger partial charge in [0.1, 0.15) is 5.60 Å². The molecule has 0 aromatic carbocycles. The molecule has 2 aliphatic rings. The molecule has 5 heteroatoms. The predicted octanol–water partition coefficient (Wildman–Crippen LogP) is 3.63. The van der Waals surface area contributed by atoms with Crippen LogP contribution in [0.1, 0.15) is 59.3 Å². The lowest BCUT2D eigenvalue weighted by Crippen LogP contribution is -2.43. The number of aliphatic hydroxyl groups is 1. The zero-order valence-electron chi connectivity index (χ0n) is 16.2. The van der Waals surface area contributed by atoms with Crippen molar-refractivity contribution >= 4 is 11.9 Å². The maximum atomic E-state index is 12.5. The summed E-state index contributed by atoms with van der Waals surface area (Å²) in [6.45, 7) is 5.96. The van der Waals surface area contributed by atoms with Crippen LogP contribution in [0, 0.1) is 5.92 Å². The third kappa shape index (κ3) is 4.85. The molecule has 144 valence electrons. The molecule has 0 unspecified atom stereocenters. The molecule has 1 N–H and O–H groups in total. The van der Waals surface area contributed by atoms with Crippen LogP contribution in [0.2, 0.25) is 0 Å². The monoisotopic (exact) mass is 362 g/mol. The van der Waals surface area contributed by atoms with Gasteiger partial charge in [0.15, 0.2) is 0 Å². The summed E-state index contributed by atoms with van der Waals surface area (Å²) in [5.41, 5.74) is 1.40. The Kier molecular flexibility index (Phi) is 6.81. The summed E-state index contributed by atoms with van der Waals surface area (Å²) in [6, 6.07) is 0. The van der Waals surface area contributed by atoms with E-state index in [0.29, 0.717) is 49.2 Å². The zero-order valence-corrected chi connectivity index (χ0v) is 16.2. The van der Waals surface area contributed by atoms with Crippen LogP contribution in [0.3, 0.4) is 0 Å². The molecule has 2 aliphatic heterocycles. The number of ether oxygens (including phenoxy) is 2. The van der Waals surface area contributed by atoms with Crippen molar-refractivity contribution in [1.82, 2.24) is 0 Å². The van der Waals surface area contributed by atoms with Crippen LogP contribution in [0.5, 0.6) is 0 Å². The fourth-order valence-electron chi connectivity index (χ4n) is 3.42. The highest BCUT2D eigenvalue weighted by Gasteiger charge is 2.38. The van der Waals surface area contributed by atoms with E-state index >= 15 is 0 Å². The first-order valence-corrected chi connectivity index (χ1v) is 9.35. The minimum Gasteiger partial charge on any atom is -0.466 e. The van der Waals surface area contributed by atoms with E-state index in [1.54, 1.807) is 13.0 Å². The van der Waals surface area contributed by atoms with Gasteiger partial charge in [0.05, 0.1) is 13.2 Å². The smallest absolute Gasteiger partial charge is 0.334 e. The lowest BCUT2D eigenvalue weighted by molar-refractivity contribution is -0.166. The van der Waals surface area contributed by atoms with Crippen molar-refractivity contribution in [2.45, 2.75) is 71.0 Å². The predicted molar refractivity (Wildman–Crippen MR) is 99.3 cm³/mol. The highest BCUT2D eigenvalue weighted by atomic mass is 16.6. The molecular weight excluding hydrogens is 332 g/mol. The molecule has 2 atom stereocenters. The van der Waals surface area contributed by atoms with Gasteiger partial charge in [-0.3, -0.25) is 0 Å². The van der Waals surface area contributed by atoms with Crippen molar-refractivity contribution in [3.05, 3.63) is 34.9 Å². The van der Waals surface area contributed by atoms with Gasteiger partial charge in [-0.1, -0.05) is 37.6 Å². The van der Waals surface area contributed by atoms with Crippen molar-refractivity contribution in [1.29, 1.82) is 0 Å². The van der Waals surface area contributed by atoms with E-state index in [9.17, 15) is 14.7 Å². The lowest BCUT2D eigenvalue weighted by atomic mass is 9.88. The van der Waals surface area contributed by atoms with Crippen LogP contribution in [0.15, 0.2) is 34.9 Å². The van der Waals surface area contributed by atoms with Crippen molar-refractivity contribution in [2.75, 3.05) is 7.11 Å². The Balaban J connectivity index is 2.40. The Morgan fingerprint density at radius 1 is 1.31 bits per heavy atom. The van der Waals surface area contributed by atoms with Gasteiger partial charge in [-0.15, -0.1) is 0 Å². The van der Waals surface area contributed by atoms with Gasteiger partial charge in [-0.2, -0.15) is 0 Å². The summed E-state index contributed by atoms with van der Waals surface area (Å²) in [4.78, 5) is 24.6. The van der Waals surface area contributed by atoms with Gasteiger partial charge in [0.25, 0.3) is 0 Å². The van der Waals surface area contributed by atoms with Crippen molar-refractivity contribution in [2.24, 2.45) is 5.92 Å². The SMILES string of the molecule is COC(=O)/C1=C/C=C(/C(C)C)CCC2=CCC[C@@](C)(OC2=O)[C@H](O)CC1. The fourth-order valence-corrected chi connectivity index (χ4v) is 3.42. The second kappa shape index (κ2) is 8.67. The molecule has 0 radical (unpaired) electrons. The average molecular weight is 362 g/mol. The molecule has 0 aliphatic carbocycles. The summed E-state index contributed by atoms with van der Waals surface area (Å²) in [6.07, 6.45) is 8.10. The molecule has 0 saturated heterocycles. The van der Waals surface area contributed by atoms with Crippen LogP contribution in [-0.2, 0) is 19.1 Å². The standard InChI is InChI=1S/C21H30O5/c1-14(2)15-7-9-16-6-5-13-21(3,26-20(16)24)18(22)12-11-17(10-8-15)19(23)25-4/h6,8,10,14,18,22H,5,7,9,11-13H2,1-4H3/b15-8+,17-10+/t18-,21-/m1/s1. The third-order valence-corrected chi connectivity index (χ3v) is 5.38. The first kappa shape index (κ1) is 20.4. The van der Waals surface area contributed by atoms with Gasteiger partial charge in [-0.25, -0.2) is 9.59 Å². The van der Waals surface area contributed by atoms with Crippen molar-refractivity contribution < 1.29 is 24.2 Å². The van der Waals surface area contributed by atoms with E-state index in [2.05, 4.69) is 13.8 Å². The number of fused-ring (bicyclic) bond motifs is 3. The summed E-state index contributed by atoms with van der Waals surface area (Å²) in [5, 5.41) is 10.7. The highest BCUT2D eigenvalue weighted by Crippen LogP contribution is 2.32. The van der Waals surface area contributed by atoms with E-state index < -0.39 is 17.7 Å². The van der Waals surface area contributed by atoms with Crippen molar-refractivity contribution in [3.8, 4) is 0 Å². The van der Waals surface area contributed by atoms with E-state index in [-0.39, 0.29) is 5.97 Å². The molecule has 0 amide bonds. The zero-order chi connectivity index (χ0) is 19.3. The molecular formula is C21H30O5. The minimum atomic E-state index is -0.946. The van der Waals surface area contributed by atoms with Gasteiger partial charge >= 0.3 is 11.9 Å². The highest BCUT2D eigenvalue weighted by molar-refractivity contribution is 5.89. The largest absolute Gasteiger partial charge is 0.466 e. The number of carbonyl (C=O) groups excluding carboxylic acids is 2. The van der Waals surface area contributed by atoms with Gasteiger partial charge in [-0.05, 0) is 51.4 Å². The summed E-state index contributed by atoms with van der Waals surface area (Å²) >= 11 is 0. The fraction of sp³-hybridized carbons (Fsp3) is 0.619. The van der Waals surface area contributed by atoms with Crippen LogP contribution >= 0.6 is 0 Å². The number of methoxy groups -OCH3 is 1. The van der Waals surface area contributed by atoms with Crippen LogP contribution in [0.4, 0.5) is 0 Å². The first-order valence-electron chi connectivity index (χ1n) is 9.35. The maximum Gasteiger partial charge on any atom is 0.334 e. The first-order chi connectivity index (χ1) is 12.3. The molecule has 2 heterocycles. The molecule has 0 aromatic rings. The third-order valence-electron chi connectivity index (χ3n) is 5.38. The minimum absolute atomic E-state index is 0.300. The number of carbonyl (C=O) groups is 2. The van der Waals surface area contributed by atoms with E-state index in [1.807, 2.05) is 12.2 Å². The molecule has 5 nitrogen and oxygen atoms in total. The van der Waals surface area contributed by atoms with E-state index in [0.717, 1.165) is 12.0 Å². The van der Waals surface area contributed by atoms with Crippen molar-refractivity contribution in [3.63, 3.8) is 0 Å². The average Bonchev–Trinajstić information content (AvgIpc) is 2.74. The Labute approximate surface area is 155 Å². The number of esters is 2. The molecule has 0 spiro atoms. The number of aliphatic hydroxyl groups excluding tert-OH is 1. The van der Waals surface area contributed by atoms with Gasteiger partial charge in [0.2, 0.25) is 0 Å². The van der Waals surface area contributed by atoms with E-state index in [1.165, 1.54) is 7.11 Å². The quantitative estimate of drug-likeness (QED) is 0.760. The Bertz CT molecular complexity index is 641. The van der Waals surface area contributed by atoms with Crippen LogP contribution in [-0.4, -0.2) is 35.9 Å². The number of allylic oxidation sites excluding steroid dienone is 4. The summed E-state index contributed by atoms with van der Waals surface area (Å²) < 4.78 is 10.6. The summed E-state index contributed by atoms with van der Waals surface area (Å²) in [7, 11) is 1.36. The summed E-state index contributed by atoms with van der Waals surface area (Å²) in [5.74, 6) is -0.432. The molecule has 0 saturated carbocycles. The number of hydrogen-bond donors (Lipinski definition) is 1. The molecule has 0 aromatic heterocycles. The second-order valence-corrected chi connectivity index (χ2v) is 7.60. The molecule has 26 heavy (non-hydrogen) atoms. The Hall–Kier alpha value is -1.88. The molecule has 0 fully saturated rings. The van der Waals surface area contributed by atoms with Gasteiger partial charge in [0, 0.05) is 11.1 Å². The Morgan fingerprint density at radius 3 is 2.69 bits per heavy atom.